The Balaban J connectivity index is 2.52. The molecule has 1 aromatic heterocycles. The van der Waals surface area contributed by atoms with Gasteiger partial charge in [0.2, 0.25) is 0 Å². The van der Waals surface area contributed by atoms with Gasteiger partial charge in [-0.1, -0.05) is 13.8 Å². The van der Waals surface area contributed by atoms with E-state index in [4.69, 9.17) is 9.84 Å². The van der Waals surface area contributed by atoms with Gasteiger partial charge >= 0.3 is 0 Å². The number of rotatable bonds is 9. The SMILES string of the molecule is COCCn1cccc1C(=O)NCC(C)(C)CCCO. The number of nitrogens with zero attached hydrogens (tertiary/aromatic N) is 1. The second-order valence-electron chi connectivity index (χ2n) is 5.75. The Morgan fingerprint density at radius 3 is 2.90 bits per heavy atom. The lowest BCUT2D eigenvalue weighted by molar-refractivity contribution is 0.0921. The molecule has 0 fully saturated rings. The van der Waals surface area contributed by atoms with E-state index in [2.05, 4.69) is 19.2 Å². The van der Waals surface area contributed by atoms with E-state index >= 15 is 0 Å². The van der Waals surface area contributed by atoms with Crippen LogP contribution in [0.1, 0.15) is 37.2 Å². The van der Waals surface area contributed by atoms with Gasteiger partial charge in [0, 0.05) is 33.0 Å². The molecule has 0 aliphatic rings. The van der Waals surface area contributed by atoms with E-state index in [1.54, 1.807) is 7.11 Å². The van der Waals surface area contributed by atoms with Crippen molar-refractivity contribution in [3.8, 4) is 0 Å². The molecule has 0 aliphatic heterocycles. The number of aromatic nitrogens is 1. The Morgan fingerprint density at radius 1 is 1.50 bits per heavy atom. The van der Waals surface area contributed by atoms with Crippen molar-refractivity contribution in [1.82, 2.24) is 9.88 Å². The molecule has 0 radical (unpaired) electrons. The fourth-order valence-electron chi connectivity index (χ4n) is 2.06. The van der Waals surface area contributed by atoms with Crippen molar-refractivity contribution in [3.05, 3.63) is 24.0 Å². The molecule has 5 heteroatoms. The normalized spacial score (nSPS) is 11.6. The summed E-state index contributed by atoms with van der Waals surface area (Å²) in [5, 5.41) is 11.8. The van der Waals surface area contributed by atoms with Gasteiger partial charge in [-0.15, -0.1) is 0 Å². The zero-order valence-corrected chi connectivity index (χ0v) is 12.7. The molecule has 20 heavy (non-hydrogen) atoms. The first-order valence-electron chi connectivity index (χ1n) is 7.03. The van der Waals surface area contributed by atoms with Gasteiger partial charge in [0.05, 0.1) is 6.61 Å². The Kier molecular flexibility index (Phi) is 6.75. The zero-order chi connectivity index (χ0) is 15.0. The summed E-state index contributed by atoms with van der Waals surface area (Å²) in [5.41, 5.74) is 0.641. The number of carbonyl (C=O) groups excluding carboxylic acids is 1. The number of hydrogen-bond acceptors (Lipinski definition) is 3. The fraction of sp³-hybridized carbons (Fsp3) is 0.667. The van der Waals surface area contributed by atoms with E-state index in [0.29, 0.717) is 25.4 Å². The largest absolute Gasteiger partial charge is 0.396 e. The summed E-state index contributed by atoms with van der Waals surface area (Å²) in [5.74, 6) is -0.0665. The lowest BCUT2D eigenvalue weighted by Crippen LogP contribution is -2.35. The van der Waals surface area contributed by atoms with E-state index in [9.17, 15) is 4.79 Å². The average molecular weight is 282 g/mol. The molecule has 1 amide bonds. The molecule has 1 rings (SSSR count). The number of aliphatic hydroxyl groups excluding tert-OH is 1. The highest BCUT2D eigenvalue weighted by atomic mass is 16.5. The molecular formula is C15H26N2O3. The number of ether oxygens (including phenoxy) is 1. The van der Waals surface area contributed by atoms with Crippen molar-refractivity contribution in [2.45, 2.75) is 33.2 Å². The van der Waals surface area contributed by atoms with E-state index < -0.39 is 0 Å². The van der Waals surface area contributed by atoms with Crippen LogP contribution in [-0.2, 0) is 11.3 Å². The van der Waals surface area contributed by atoms with Crippen molar-refractivity contribution in [1.29, 1.82) is 0 Å². The van der Waals surface area contributed by atoms with Crippen LogP contribution in [0, 0.1) is 5.41 Å². The number of nitrogens with one attached hydrogen (secondary N) is 1. The molecule has 5 nitrogen and oxygen atoms in total. The Hall–Kier alpha value is -1.33. The van der Waals surface area contributed by atoms with Crippen LogP contribution in [0.2, 0.25) is 0 Å². The average Bonchev–Trinajstić information content (AvgIpc) is 2.89. The Labute approximate surface area is 120 Å². The quantitative estimate of drug-likeness (QED) is 0.724. The summed E-state index contributed by atoms with van der Waals surface area (Å²) in [6.07, 6.45) is 3.52. The van der Waals surface area contributed by atoms with Gasteiger partial charge in [-0.2, -0.15) is 0 Å². The van der Waals surface area contributed by atoms with Crippen LogP contribution in [0.5, 0.6) is 0 Å². The number of aliphatic hydroxyl groups is 1. The van der Waals surface area contributed by atoms with Crippen LogP contribution >= 0.6 is 0 Å². The number of amides is 1. The molecule has 1 heterocycles. The van der Waals surface area contributed by atoms with Crippen molar-refractivity contribution in [3.63, 3.8) is 0 Å². The monoisotopic (exact) mass is 282 g/mol. The minimum absolute atomic E-state index is 0.0116. The maximum Gasteiger partial charge on any atom is 0.267 e. The molecule has 0 unspecified atom stereocenters. The molecule has 0 aliphatic carbocycles. The first kappa shape index (κ1) is 16.7. The smallest absolute Gasteiger partial charge is 0.267 e. The zero-order valence-electron chi connectivity index (χ0n) is 12.7. The molecule has 0 bridgehead atoms. The minimum Gasteiger partial charge on any atom is -0.396 e. The third-order valence-electron chi connectivity index (χ3n) is 3.34. The lowest BCUT2D eigenvalue weighted by atomic mass is 9.88. The van der Waals surface area contributed by atoms with Crippen molar-refractivity contribution in [2.24, 2.45) is 5.41 Å². The van der Waals surface area contributed by atoms with Gasteiger partial charge in [-0.3, -0.25) is 4.79 Å². The second-order valence-corrected chi connectivity index (χ2v) is 5.75. The molecular weight excluding hydrogens is 256 g/mol. The first-order chi connectivity index (χ1) is 9.50. The molecule has 2 N–H and O–H groups in total. The summed E-state index contributed by atoms with van der Waals surface area (Å²) in [6, 6.07) is 3.67. The van der Waals surface area contributed by atoms with Gasteiger partial charge in [0.25, 0.3) is 5.91 Å². The van der Waals surface area contributed by atoms with Gasteiger partial charge in [0.1, 0.15) is 5.69 Å². The number of carbonyl (C=O) groups is 1. The van der Waals surface area contributed by atoms with E-state index in [0.717, 1.165) is 12.8 Å². The van der Waals surface area contributed by atoms with Crippen molar-refractivity contribution >= 4 is 5.91 Å². The van der Waals surface area contributed by atoms with Gasteiger partial charge in [0.15, 0.2) is 0 Å². The Bertz CT molecular complexity index is 413. The van der Waals surface area contributed by atoms with Gasteiger partial charge in [-0.25, -0.2) is 0 Å². The molecule has 114 valence electrons. The summed E-state index contributed by atoms with van der Waals surface area (Å²) < 4.78 is 6.92. The molecule has 0 aromatic carbocycles. The van der Waals surface area contributed by atoms with Gasteiger partial charge in [-0.05, 0) is 30.4 Å². The van der Waals surface area contributed by atoms with E-state index in [1.165, 1.54) is 0 Å². The highest BCUT2D eigenvalue weighted by molar-refractivity contribution is 5.92. The topological polar surface area (TPSA) is 63.5 Å². The second kappa shape index (κ2) is 8.07. The van der Waals surface area contributed by atoms with Crippen LogP contribution < -0.4 is 5.32 Å². The molecule has 0 saturated heterocycles. The summed E-state index contributed by atoms with van der Waals surface area (Å²) >= 11 is 0. The highest BCUT2D eigenvalue weighted by Gasteiger charge is 2.19. The van der Waals surface area contributed by atoms with E-state index in [1.807, 2.05) is 22.9 Å². The standard InChI is InChI=1S/C15H26N2O3/c1-15(2,7-5-10-18)12-16-14(19)13-6-4-8-17(13)9-11-20-3/h4,6,8,18H,5,7,9-12H2,1-3H3,(H,16,19). The predicted molar refractivity (Wildman–Crippen MR) is 78.7 cm³/mol. The lowest BCUT2D eigenvalue weighted by Gasteiger charge is -2.24. The Morgan fingerprint density at radius 2 is 2.25 bits per heavy atom. The summed E-state index contributed by atoms with van der Waals surface area (Å²) in [4.78, 5) is 12.2. The van der Waals surface area contributed by atoms with Gasteiger partial charge < -0.3 is 19.7 Å². The predicted octanol–water partition coefficient (Wildman–Crippen LogP) is 1.66. The van der Waals surface area contributed by atoms with Crippen LogP contribution in [0.3, 0.4) is 0 Å². The molecule has 0 spiro atoms. The van der Waals surface area contributed by atoms with Crippen LogP contribution in [0.25, 0.3) is 0 Å². The fourth-order valence-corrected chi connectivity index (χ4v) is 2.06. The highest BCUT2D eigenvalue weighted by Crippen LogP contribution is 2.20. The van der Waals surface area contributed by atoms with Crippen molar-refractivity contribution < 1.29 is 14.6 Å². The van der Waals surface area contributed by atoms with Crippen molar-refractivity contribution in [2.75, 3.05) is 26.9 Å². The third kappa shape index (κ3) is 5.35. The van der Waals surface area contributed by atoms with Crippen LogP contribution in [-0.4, -0.2) is 42.4 Å². The maximum atomic E-state index is 12.2. The number of methoxy groups -OCH3 is 1. The summed E-state index contributed by atoms with van der Waals surface area (Å²) in [7, 11) is 1.65. The van der Waals surface area contributed by atoms with E-state index in [-0.39, 0.29) is 17.9 Å². The van der Waals surface area contributed by atoms with Crippen LogP contribution in [0.15, 0.2) is 18.3 Å². The number of hydrogen-bond donors (Lipinski definition) is 2. The maximum absolute atomic E-state index is 12.2. The minimum atomic E-state index is -0.0665. The third-order valence-corrected chi connectivity index (χ3v) is 3.34. The molecule has 1 aromatic rings. The van der Waals surface area contributed by atoms with Crippen LogP contribution in [0.4, 0.5) is 0 Å². The first-order valence-corrected chi connectivity index (χ1v) is 7.03. The molecule has 0 atom stereocenters. The molecule has 0 saturated carbocycles. The summed E-state index contributed by atoms with van der Waals surface area (Å²) in [6.45, 7) is 6.22.